The summed E-state index contributed by atoms with van der Waals surface area (Å²) in [6.07, 6.45) is 3.03. The number of hydrogen-bond donors (Lipinski definition) is 8. The van der Waals surface area contributed by atoms with Gasteiger partial charge in [-0.15, -0.1) is 0 Å². The molecule has 0 spiro atoms. The molecule has 330 valence electrons. The lowest BCUT2D eigenvalue weighted by Gasteiger charge is -2.32. The Labute approximate surface area is 350 Å². The third kappa shape index (κ3) is 16.6. The van der Waals surface area contributed by atoms with E-state index >= 15 is 0 Å². The van der Waals surface area contributed by atoms with Crippen molar-refractivity contribution in [3.8, 4) is 0 Å². The maximum absolute atomic E-state index is 14.4. The fourth-order valence-corrected chi connectivity index (χ4v) is 6.96. The molecule has 6 amide bonds. The van der Waals surface area contributed by atoms with Crippen LogP contribution < -0.4 is 43.4 Å². The van der Waals surface area contributed by atoms with Crippen molar-refractivity contribution < 1.29 is 28.8 Å². The first-order chi connectivity index (χ1) is 27.9. The molecule has 0 bridgehead atoms. The van der Waals surface area contributed by atoms with Gasteiger partial charge in [0.05, 0.1) is 17.7 Å². The molecule has 1 aromatic carbocycles. The molecule has 17 heteroatoms. The lowest BCUT2D eigenvalue weighted by Crippen LogP contribution is -2.60. The van der Waals surface area contributed by atoms with Crippen LogP contribution in [0.25, 0.3) is 0 Å². The summed E-state index contributed by atoms with van der Waals surface area (Å²) in [4.78, 5) is 92.4. The Kier molecular flexibility index (Phi) is 21.6. The topological polar surface area (TPSA) is 255 Å². The van der Waals surface area contributed by atoms with E-state index in [9.17, 15) is 28.8 Å². The van der Waals surface area contributed by atoms with Crippen LogP contribution in [0.1, 0.15) is 97.6 Å². The minimum Gasteiger partial charge on any atom is -0.388 e. The van der Waals surface area contributed by atoms with Crippen molar-refractivity contribution >= 4 is 47.1 Å². The third-order valence-corrected chi connectivity index (χ3v) is 10.6. The number of likely N-dealkylation sites (tertiary alicyclic amines) is 1. The zero-order valence-corrected chi connectivity index (χ0v) is 36.7. The largest absolute Gasteiger partial charge is 0.388 e. The standard InChI is InChI=1S/C42H71N11O6/c1-10-27(5)36(45-8)41(58)52-35(25(2)3)40(57)50-32(15-12-22-48-29(7)44)42(59)53-23-13-16-34(53)39(56)49-31(14-11-21-47-28(6)43)38(55)51-33(37(54)46-9)24-30-19-17-26(4)18-20-30/h17-20,25,27,31-36,45H,10-16,21-24H2,1-9H3,(H2,43,47)(H2,44,48)(H,46,54)(H,49,56)(H,50,57)(H,51,55)(H,52,58)/t27-,31-,32-,33-,34-,35-,36-/m0/s1. The first kappa shape index (κ1) is 50.1. The molecule has 1 aromatic rings. The van der Waals surface area contributed by atoms with Crippen molar-refractivity contribution in [2.75, 3.05) is 33.7 Å². The average molecular weight is 826 g/mol. The molecule has 1 aliphatic rings. The molecule has 10 N–H and O–H groups in total. The molecule has 2 rings (SSSR count). The van der Waals surface area contributed by atoms with E-state index in [1.165, 1.54) is 11.9 Å². The highest BCUT2D eigenvalue weighted by Crippen LogP contribution is 2.21. The van der Waals surface area contributed by atoms with Gasteiger partial charge >= 0.3 is 0 Å². The zero-order chi connectivity index (χ0) is 44.2. The van der Waals surface area contributed by atoms with Crippen molar-refractivity contribution in [1.29, 1.82) is 0 Å². The Bertz CT molecular complexity index is 1610. The van der Waals surface area contributed by atoms with Crippen LogP contribution in [0.3, 0.4) is 0 Å². The van der Waals surface area contributed by atoms with E-state index < -0.39 is 65.8 Å². The van der Waals surface area contributed by atoms with Crippen LogP contribution in [0, 0.1) is 18.8 Å². The van der Waals surface area contributed by atoms with Gasteiger partial charge in [0, 0.05) is 33.1 Å². The Morgan fingerprint density at radius 3 is 1.85 bits per heavy atom. The van der Waals surface area contributed by atoms with Crippen LogP contribution in [-0.2, 0) is 35.2 Å². The number of nitrogens with one attached hydrogen (secondary N) is 6. The Hall–Kier alpha value is -5.06. The van der Waals surface area contributed by atoms with Crippen LogP contribution >= 0.6 is 0 Å². The number of benzene rings is 1. The summed E-state index contributed by atoms with van der Waals surface area (Å²) in [5, 5.41) is 17.1. The second kappa shape index (κ2) is 25.4. The number of hydrogen-bond acceptors (Lipinski definition) is 9. The summed E-state index contributed by atoms with van der Waals surface area (Å²) in [6.45, 7) is 13.7. The van der Waals surface area contributed by atoms with Crippen molar-refractivity contribution in [3.63, 3.8) is 0 Å². The molecule has 59 heavy (non-hydrogen) atoms. The van der Waals surface area contributed by atoms with E-state index in [-0.39, 0.29) is 43.6 Å². The van der Waals surface area contributed by atoms with Crippen molar-refractivity contribution in [3.05, 3.63) is 35.4 Å². The van der Waals surface area contributed by atoms with Gasteiger partial charge in [0.25, 0.3) is 0 Å². The molecule has 1 aliphatic heterocycles. The van der Waals surface area contributed by atoms with Gasteiger partial charge in [-0.25, -0.2) is 0 Å². The number of amides is 6. The Balaban J connectivity index is 2.36. The van der Waals surface area contributed by atoms with E-state index in [4.69, 9.17) is 11.5 Å². The second-order valence-corrected chi connectivity index (χ2v) is 15.9. The zero-order valence-electron chi connectivity index (χ0n) is 36.7. The molecular formula is C42H71N11O6. The molecule has 1 heterocycles. The summed E-state index contributed by atoms with van der Waals surface area (Å²) in [5.41, 5.74) is 13.4. The summed E-state index contributed by atoms with van der Waals surface area (Å²) in [7, 11) is 3.19. The van der Waals surface area contributed by atoms with Crippen molar-refractivity contribution in [2.24, 2.45) is 33.3 Å². The van der Waals surface area contributed by atoms with Crippen molar-refractivity contribution in [2.45, 2.75) is 136 Å². The third-order valence-electron chi connectivity index (χ3n) is 10.6. The minimum absolute atomic E-state index is 0.0141. The molecule has 7 atom stereocenters. The molecule has 0 unspecified atom stereocenters. The number of amidine groups is 2. The number of nitrogens with two attached hydrogens (primary N) is 2. The molecule has 0 saturated carbocycles. The van der Waals surface area contributed by atoms with Gasteiger partial charge in [0.1, 0.15) is 30.2 Å². The molecule has 0 radical (unpaired) electrons. The molecule has 17 nitrogen and oxygen atoms in total. The SMILES string of the molecule is CC[C@H](C)[C@H](NC)C(=O)N[C@H](C(=O)N[C@@H](CCCN=C(C)N)C(=O)N1CCC[C@H]1C(=O)N[C@@H](CCCN=C(C)N)C(=O)N[C@@H](Cc1ccc(C)cc1)C(=O)NC)C(C)C. The number of carbonyl (C=O) groups excluding carboxylic acids is 6. The average Bonchev–Trinajstić information content (AvgIpc) is 3.69. The Morgan fingerprint density at radius 1 is 0.763 bits per heavy atom. The predicted molar refractivity (Wildman–Crippen MR) is 231 cm³/mol. The quantitative estimate of drug-likeness (QED) is 0.0417. The van der Waals surface area contributed by atoms with Crippen LogP contribution in [0.2, 0.25) is 0 Å². The van der Waals surface area contributed by atoms with Crippen LogP contribution in [0.15, 0.2) is 34.3 Å². The highest BCUT2D eigenvalue weighted by Gasteiger charge is 2.40. The normalized spacial score (nSPS) is 17.6. The molecular weight excluding hydrogens is 755 g/mol. The summed E-state index contributed by atoms with van der Waals surface area (Å²) in [5.74, 6) is -2.30. The van der Waals surface area contributed by atoms with Crippen LogP contribution in [-0.4, -0.2) is 122 Å². The fraction of sp³-hybridized carbons (Fsp3) is 0.667. The predicted octanol–water partition coefficient (Wildman–Crippen LogP) is 0.818. The minimum atomic E-state index is -1.06. The number of aliphatic imine (C=N–C) groups is 2. The number of carbonyl (C=O) groups is 6. The second-order valence-electron chi connectivity index (χ2n) is 15.9. The maximum Gasteiger partial charge on any atom is 0.245 e. The molecule has 1 fully saturated rings. The van der Waals surface area contributed by atoms with Gasteiger partial charge in [-0.3, -0.25) is 38.8 Å². The number of rotatable bonds is 24. The van der Waals surface area contributed by atoms with E-state index in [1.807, 2.05) is 58.9 Å². The van der Waals surface area contributed by atoms with Crippen LogP contribution in [0.5, 0.6) is 0 Å². The van der Waals surface area contributed by atoms with Gasteiger partial charge < -0.3 is 48.3 Å². The molecule has 0 aromatic heterocycles. The number of nitrogens with zero attached hydrogens (tertiary/aromatic N) is 3. The summed E-state index contributed by atoms with van der Waals surface area (Å²) in [6, 6.07) is 2.25. The lowest BCUT2D eigenvalue weighted by atomic mass is 9.96. The lowest BCUT2D eigenvalue weighted by molar-refractivity contribution is -0.143. The first-order valence-electron chi connectivity index (χ1n) is 20.9. The van der Waals surface area contributed by atoms with Gasteiger partial charge in [-0.05, 0) is 83.7 Å². The smallest absolute Gasteiger partial charge is 0.245 e. The first-order valence-corrected chi connectivity index (χ1v) is 20.9. The maximum atomic E-state index is 14.4. The Morgan fingerprint density at radius 2 is 1.32 bits per heavy atom. The van der Waals surface area contributed by atoms with E-state index in [1.54, 1.807) is 20.9 Å². The highest BCUT2D eigenvalue weighted by molar-refractivity contribution is 5.97. The number of aryl methyl sites for hydroxylation is 1. The van der Waals surface area contributed by atoms with E-state index in [0.29, 0.717) is 50.4 Å². The van der Waals surface area contributed by atoms with Crippen molar-refractivity contribution in [1.82, 2.24) is 36.8 Å². The molecule has 1 saturated heterocycles. The fourth-order valence-electron chi connectivity index (χ4n) is 6.96. The highest BCUT2D eigenvalue weighted by atomic mass is 16.2. The molecule has 0 aliphatic carbocycles. The summed E-state index contributed by atoms with van der Waals surface area (Å²) < 4.78 is 0. The van der Waals surface area contributed by atoms with Gasteiger partial charge in [0.2, 0.25) is 35.4 Å². The van der Waals surface area contributed by atoms with Crippen LogP contribution in [0.4, 0.5) is 0 Å². The summed E-state index contributed by atoms with van der Waals surface area (Å²) >= 11 is 0. The number of likely N-dealkylation sites (N-methyl/N-ethyl adjacent to an activating group) is 2. The van der Waals surface area contributed by atoms with Gasteiger partial charge in [0.15, 0.2) is 0 Å². The monoisotopic (exact) mass is 826 g/mol. The van der Waals surface area contributed by atoms with E-state index in [0.717, 1.165) is 17.5 Å². The van der Waals surface area contributed by atoms with Gasteiger partial charge in [-0.2, -0.15) is 0 Å². The van der Waals surface area contributed by atoms with E-state index in [2.05, 4.69) is 41.9 Å². The van der Waals surface area contributed by atoms with Gasteiger partial charge in [-0.1, -0.05) is 63.9 Å².